The van der Waals surface area contributed by atoms with Gasteiger partial charge in [0.25, 0.3) is 0 Å². The molecule has 0 heterocycles. The summed E-state index contributed by atoms with van der Waals surface area (Å²) in [6.07, 6.45) is 6.59. The zero-order valence-electron chi connectivity index (χ0n) is 29.1. The molecule has 0 unspecified atom stereocenters. The topological polar surface area (TPSA) is 3.24 Å². The molecule has 2 aliphatic carbocycles. The predicted molar refractivity (Wildman–Crippen MR) is 213 cm³/mol. The van der Waals surface area contributed by atoms with Crippen LogP contribution in [0, 0.1) is 0 Å². The number of anilines is 3. The van der Waals surface area contributed by atoms with Crippen molar-refractivity contribution in [2.24, 2.45) is 0 Å². The molecule has 50 heavy (non-hydrogen) atoms. The van der Waals surface area contributed by atoms with Gasteiger partial charge in [-0.3, -0.25) is 0 Å². The van der Waals surface area contributed by atoms with Crippen LogP contribution in [0.5, 0.6) is 0 Å². The van der Waals surface area contributed by atoms with Gasteiger partial charge in [0, 0.05) is 22.4 Å². The van der Waals surface area contributed by atoms with Gasteiger partial charge in [0.15, 0.2) is 0 Å². The highest BCUT2D eigenvalue weighted by molar-refractivity contribution is 6.03. The average Bonchev–Trinajstić information content (AvgIpc) is 3.41. The number of fused-ring (bicyclic) bond motifs is 4. The SMILES string of the molecule is CC1(C)c2ccccc2-c2ccc(-c3ccc(N(c4ccccc4)c4ccccc4-c4cccc5cccc(C6CCCCC6)c45)cc3)cc21. The molecule has 0 atom stereocenters. The van der Waals surface area contributed by atoms with Crippen molar-refractivity contribution in [2.45, 2.75) is 57.3 Å². The molecule has 1 heteroatoms. The molecule has 0 bridgehead atoms. The Hall–Kier alpha value is -5.40. The first kappa shape index (κ1) is 30.6. The van der Waals surface area contributed by atoms with Crippen molar-refractivity contribution in [2.75, 3.05) is 4.90 Å². The van der Waals surface area contributed by atoms with Crippen LogP contribution in [0.4, 0.5) is 17.1 Å². The van der Waals surface area contributed by atoms with Crippen LogP contribution in [0.3, 0.4) is 0 Å². The first-order chi connectivity index (χ1) is 24.6. The molecule has 0 aliphatic heterocycles. The highest BCUT2D eigenvalue weighted by Gasteiger charge is 2.35. The summed E-state index contributed by atoms with van der Waals surface area (Å²) in [5, 5.41) is 2.75. The lowest BCUT2D eigenvalue weighted by Gasteiger charge is -2.29. The van der Waals surface area contributed by atoms with E-state index in [0.717, 1.165) is 11.4 Å². The molecular formula is C49H43N. The van der Waals surface area contributed by atoms with E-state index in [4.69, 9.17) is 0 Å². The molecule has 7 aromatic carbocycles. The number of rotatable bonds is 6. The smallest absolute Gasteiger partial charge is 0.0540 e. The van der Waals surface area contributed by atoms with Crippen molar-refractivity contribution in [1.29, 1.82) is 0 Å². The van der Waals surface area contributed by atoms with Crippen LogP contribution < -0.4 is 4.90 Å². The number of hydrogen-bond donors (Lipinski definition) is 0. The Morgan fingerprint density at radius 3 is 1.90 bits per heavy atom. The van der Waals surface area contributed by atoms with Crippen LogP contribution in [-0.2, 0) is 5.41 Å². The number of nitrogens with zero attached hydrogens (tertiary/aromatic N) is 1. The largest absolute Gasteiger partial charge is 0.310 e. The first-order valence-corrected chi connectivity index (χ1v) is 18.4. The van der Waals surface area contributed by atoms with E-state index in [1.807, 2.05) is 0 Å². The molecule has 1 nitrogen and oxygen atoms in total. The molecule has 1 saturated carbocycles. The molecule has 0 aromatic heterocycles. The number of benzene rings is 7. The fourth-order valence-electron chi connectivity index (χ4n) is 8.94. The Morgan fingerprint density at radius 2 is 1.10 bits per heavy atom. The minimum atomic E-state index is -0.0197. The molecule has 0 N–H and O–H groups in total. The van der Waals surface area contributed by atoms with Crippen LogP contribution in [0.15, 0.2) is 158 Å². The minimum Gasteiger partial charge on any atom is -0.310 e. The van der Waals surface area contributed by atoms with E-state index in [9.17, 15) is 0 Å². The third-order valence-electron chi connectivity index (χ3n) is 11.5. The maximum atomic E-state index is 2.43. The highest BCUT2D eigenvalue weighted by Crippen LogP contribution is 2.50. The summed E-state index contributed by atoms with van der Waals surface area (Å²) in [7, 11) is 0. The van der Waals surface area contributed by atoms with Crippen LogP contribution in [0.1, 0.15) is 68.6 Å². The Kier molecular flexibility index (Phi) is 7.65. The molecule has 0 spiro atoms. The van der Waals surface area contributed by atoms with E-state index in [1.54, 1.807) is 0 Å². The summed E-state index contributed by atoms with van der Waals surface area (Å²) in [4.78, 5) is 2.43. The molecule has 244 valence electrons. The normalized spacial score (nSPS) is 15.1. The predicted octanol–water partition coefficient (Wildman–Crippen LogP) is 14.0. The fourth-order valence-corrected chi connectivity index (χ4v) is 8.94. The fraction of sp³-hybridized carbons (Fsp3) is 0.184. The summed E-state index contributed by atoms with van der Waals surface area (Å²) in [6.45, 7) is 4.71. The van der Waals surface area contributed by atoms with Crippen molar-refractivity contribution >= 4 is 27.8 Å². The summed E-state index contributed by atoms with van der Waals surface area (Å²) >= 11 is 0. The third-order valence-corrected chi connectivity index (χ3v) is 11.5. The van der Waals surface area contributed by atoms with Gasteiger partial charge in [-0.15, -0.1) is 0 Å². The second kappa shape index (κ2) is 12.5. The molecular weight excluding hydrogens is 603 g/mol. The monoisotopic (exact) mass is 645 g/mol. The molecule has 1 fully saturated rings. The lowest BCUT2D eigenvalue weighted by Crippen LogP contribution is -2.14. The summed E-state index contributed by atoms with van der Waals surface area (Å²) in [6, 6.07) is 58.7. The standard InChI is InChI=1S/C49H43N/c1-49(2)45-25-11-9-21-41(45)42-32-29-37(33-46(42)49)34-27-30-39(31-28-34)50(38-19-7-4-8-20-38)47-26-12-10-22-43(47)44-24-14-18-36-17-13-23-40(48(36)44)35-15-5-3-6-16-35/h4,7-14,17-33,35H,3,5-6,15-16H2,1-2H3. The van der Waals surface area contributed by atoms with Crippen molar-refractivity contribution in [3.8, 4) is 33.4 Å². The van der Waals surface area contributed by atoms with Gasteiger partial charge in [-0.05, 0) is 110 Å². The lowest BCUT2D eigenvalue weighted by atomic mass is 9.80. The van der Waals surface area contributed by atoms with Gasteiger partial charge >= 0.3 is 0 Å². The van der Waals surface area contributed by atoms with Crippen molar-refractivity contribution in [1.82, 2.24) is 0 Å². The molecule has 7 aromatic rings. The van der Waals surface area contributed by atoms with Gasteiger partial charge in [0.05, 0.1) is 5.69 Å². The van der Waals surface area contributed by atoms with Crippen LogP contribution >= 0.6 is 0 Å². The molecule has 9 rings (SSSR count). The maximum absolute atomic E-state index is 2.43. The van der Waals surface area contributed by atoms with Crippen LogP contribution in [-0.4, -0.2) is 0 Å². The van der Waals surface area contributed by atoms with Crippen molar-refractivity contribution < 1.29 is 0 Å². The van der Waals surface area contributed by atoms with Gasteiger partial charge in [0.2, 0.25) is 0 Å². The van der Waals surface area contributed by atoms with Crippen molar-refractivity contribution in [3.63, 3.8) is 0 Å². The van der Waals surface area contributed by atoms with Crippen LogP contribution in [0.25, 0.3) is 44.2 Å². The van der Waals surface area contributed by atoms with E-state index in [0.29, 0.717) is 5.92 Å². The number of para-hydroxylation sites is 2. The Morgan fingerprint density at radius 1 is 0.480 bits per heavy atom. The second-order valence-corrected chi connectivity index (χ2v) is 14.8. The summed E-state index contributed by atoms with van der Waals surface area (Å²) in [5.74, 6) is 0.623. The van der Waals surface area contributed by atoms with E-state index in [2.05, 4.69) is 176 Å². The van der Waals surface area contributed by atoms with Crippen LogP contribution in [0.2, 0.25) is 0 Å². The van der Waals surface area contributed by atoms with Crippen molar-refractivity contribution in [3.05, 3.63) is 174 Å². The third kappa shape index (κ3) is 5.15. The Balaban J connectivity index is 1.15. The molecule has 0 radical (unpaired) electrons. The average molecular weight is 646 g/mol. The second-order valence-electron chi connectivity index (χ2n) is 14.8. The minimum absolute atomic E-state index is 0.0197. The molecule has 0 amide bonds. The first-order valence-electron chi connectivity index (χ1n) is 18.4. The van der Waals surface area contributed by atoms with Gasteiger partial charge in [-0.2, -0.15) is 0 Å². The number of hydrogen-bond acceptors (Lipinski definition) is 1. The van der Waals surface area contributed by atoms with E-state index in [-0.39, 0.29) is 5.41 Å². The van der Waals surface area contributed by atoms with E-state index in [1.165, 1.54) is 98.6 Å². The van der Waals surface area contributed by atoms with E-state index >= 15 is 0 Å². The zero-order valence-corrected chi connectivity index (χ0v) is 29.1. The maximum Gasteiger partial charge on any atom is 0.0540 e. The molecule has 0 saturated heterocycles. The zero-order chi connectivity index (χ0) is 33.7. The van der Waals surface area contributed by atoms with Gasteiger partial charge < -0.3 is 4.90 Å². The molecule has 2 aliphatic rings. The summed E-state index contributed by atoms with van der Waals surface area (Å²) < 4.78 is 0. The lowest BCUT2D eigenvalue weighted by molar-refractivity contribution is 0.445. The van der Waals surface area contributed by atoms with Gasteiger partial charge in [-0.1, -0.05) is 154 Å². The van der Waals surface area contributed by atoms with E-state index < -0.39 is 0 Å². The Labute approximate surface area is 296 Å². The van der Waals surface area contributed by atoms with Gasteiger partial charge in [0.1, 0.15) is 0 Å². The Bertz CT molecular complexity index is 2320. The van der Waals surface area contributed by atoms with Gasteiger partial charge in [-0.25, -0.2) is 0 Å². The summed E-state index contributed by atoms with van der Waals surface area (Å²) in [5.41, 5.74) is 15.6. The quantitative estimate of drug-likeness (QED) is 0.174. The highest BCUT2D eigenvalue weighted by atomic mass is 15.1.